The van der Waals surface area contributed by atoms with Crippen molar-refractivity contribution < 1.29 is 19.2 Å². The number of non-ortho nitro benzene ring substituents is 1. The average Bonchev–Trinajstić information content (AvgIpc) is 3.26. The lowest BCUT2D eigenvalue weighted by Gasteiger charge is -2.14. The number of aryl methyl sites for hydroxylation is 1. The lowest BCUT2D eigenvalue weighted by molar-refractivity contribution is -0.384. The van der Waals surface area contributed by atoms with Crippen molar-refractivity contribution in [2.24, 2.45) is 0 Å². The third-order valence-electron chi connectivity index (χ3n) is 4.71. The Kier molecular flexibility index (Phi) is 6.92. The molecule has 2 aromatic carbocycles. The third-order valence-corrected chi connectivity index (χ3v) is 4.71. The minimum Gasteiger partial charge on any atom is -0.376 e. The molecule has 1 atom stereocenters. The normalized spacial score (nSPS) is 16.2. The molecule has 3 rings (SSSR count). The molecule has 0 radical (unpaired) electrons. The van der Waals surface area contributed by atoms with E-state index < -0.39 is 16.7 Å². The molecule has 0 aromatic heterocycles. The van der Waals surface area contributed by atoms with E-state index in [-0.39, 0.29) is 17.5 Å². The summed E-state index contributed by atoms with van der Waals surface area (Å²) >= 11 is 0. The molecule has 2 N–H and O–H groups in total. The lowest BCUT2D eigenvalue weighted by atomic mass is 10.1. The number of nitrogens with zero attached hydrogens (tertiary/aromatic N) is 1. The minimum absolute atomic E-state index is 0.000861. The number of benzene rings is 2. The Morgan fingerprint density at radius 1 is 1.23 bits per heavy atom. The summed E-state index contributed by atoms with van der Waals surface area (Å²) in [4.78, 5) is 35.9. The summed E-state index contributed by atoms with van der Waals surface area (Å²) in [5.74, 6) is -0.934. The summed E-state index contributed by atoms with van der Waals surface area (Å²) in [6, 6.07) is 12.8. The van der Waals surface area contributed by atoms with Crippen molar-refractivity contribution in [1.29, 1.82) is 0 Å². The predicted molar refractivity (Wildman–Crippen MR) is 112 cm³/mol. The van der Waals surface area contributed by atoms with E-state index in [1.54, 1.807) is 30.3 Å². The maximum atomic E-state index is 12.8. The highest BCUT2D eigenvalue weighted by Gasteiger charge is 2.19. The van der Waals surface area contributed by atoms with Crippen molar-refractivity contribution >= 4 is 23.6 Å². The molecule has 8 nitrogen and oxygen atoms in total. The minimum atomic E-state index is -0.514. The highest BCUT2D eigenvalue weighted by molar-refractivity contribution is 6.05. The van der Waals surface area contributed by atoms with Crippen molar-refractivity contribution in [3.8, 4) is 0 Å². The Morgan fingerprint density at radius 3 is 2.67 bits per heavy atom. The van der Waals surface area contributed by atoms with Crippen LogP contribution in [0.5, 0.6) is 0 Å². The second-order valence-corrected chi connectivity index (χ2v) is 7.08. The summed E-state index contributed by atoms with van der Waals surface area (Å²) < 4.78 is 5.51. The molecule has 1 fully saturated rings. The van der Waals surface area contributed by atoms with Crippen LogP contribution in [0, 0.1) is 17.0 Å². The number of nitro groups is 1. The Labute approximate surface area is 174 Å². The average molecular weight is 409 g/mol. The van der Waals surface area contributed by atoms with Gasteiger partial charge in [0.25, 0.3) is 17.5 Å². The number of hydrogen-bond donors (Lipinski definition) is 2. The molecule has 1 aliphatic rings. The summed E-state index contributed by atoms with van der Waals surface area (Å²) in [6.07, 6.45) is 3.17. The number of ether oxygens (including phenoxy) is 1. The summed E-state index contributed by atoms with van der Waals surface area (Å²) in [5.41, 5.74) is 1.73. The maximum absolute atomic E-state index is 12.8. The van der Waals surface area contributed by atoms with E-state index in [2.05, 4.69) is 10.6 Å². The van der Waals surface area contributed by atoms with Crippen LogP contribution < -0.4 is 10.6 Å². The zero-order valence-electron chi connectivity index (χ0n) is 16.6. The number of nitro benzene ring substituents is 1. The van der Waals surface area contributed by atoms with Gasteiger partial charge in [-0.25, -0.2) is 0 Å². The van der Waals surface area contributed by atoms with Gasteiger partial charge in [0.15, 0.2) is 0 Å². The first-order chi connectivity index (χ1) is 14.4. The number of carbonyl (C=O) groups is 2. The maximum Gasteiger partial charge on any atom is 0.270 e. The second-order valence-electron chi connectivity index (χ2n) is 7.08. The highest BCUT2D eigenvalue weighted by atomic mass is 16.6. The monoisotopic (exact) mass is 409 g/mol. The van der Waals surface area contributed by atoms with Gasteiger partial charge >= 0.3 is 0 Å². The first kappa shape index (κ1) is 21.2. The molecule has 2 aromatic rings. The number of nitrogens with one attached hydrogen (secondary N) is 2. The van der Waals surface area contributed by atoms with Gasteiger partial charge in [-0.2, -0.15) is 0 Å². The van der Waals surface area contributed by atoms with Crippen LogP contribution in [0.4, 0.5) is 5.69 Å². The summed E-state index contributed by atoms with van der Waals surface area (Å²) in [6.45, 7) is 2.90. The fourth-order valence-corrected chi connectivity index (χ4v) is 3.06. The Morgan fingerprint density at radius 2 is 2.00 bits per heavy atom. The van der Waals surface area contributed by atoms with E-state index in [0.717, 1.165) is 18.4 Å². The van der Waals surface area contributed by atoms with Gasteiger partial charge in [-0.1, -0.05) is 29.8 Å². The van der Waals surface area contributed by atoms with Gasteiger partial charge < -0.3 is 15.4 Å². The van der Waals surface area contributed by atoms with Gasteiger partial charge in [0.1, 0.15) is 5.70 Å². The topological polar surface area (TPSA) is 111 Å². The number of rotatable bonds is 7. The quantitative estimate of drug-likeness (QED) is 0.415. The SMILES string of the molecule is Cc1ccc(C(=O)NC(=Cc2cccc([N+](=O)[O-])c2)C(=O)NCC2CCCO2)cc1. The van der Waals surface area contributed by atoms with Crippen LogP contribution in [-0.4, -0.2) is 36.0 Å². The van der Waals surface area contributed by atoms with Crippen LogP contribution in [-0.2, 0) is 9.53 Å². The molecule has 0 saturated carbocycles. The zero-order chi connectivity index (χ0) is 21.5. The number of amides is 2. The van der Waals surface area contributed by atoms with E-state index in [1.165, 1.54) is 24.3 Å². The Balaban J connectivity index is 1.82. The molecule has 1 aliphatic heterocycles. The molecule has 30 heavy (non-hydrogen) atoms. The Hall–Kier alpha value is -3.52. The van der Waals surface area contributed by atoms with Crippen LogP contribution in [0.15, 0.2) is 54.2 Å². The Bertz CT molecular complexity index is 963. The molecule has 156 valence electrons. The van der Waals surface area contributed by atoms with E-state index in [1.807, 2.05) is 6.92 Å². The first-order valence-corrected chi connectivity index (χ1v) is 9.66. The molecule has 2 amide bonds. The molecule has 1 saturated heterocycles. The van der Waals surface area contributed by atoms with Gasteiger partial charge in [0, 0.05) is 30.8 Å². The van der Waals surface area contributed by atoms with Crippen LogP contribution in [0.1, 0.15) is 34.3 Å². The largest absolute Gasteiger partial charge is 0.376 e. The molecular weight excluding hydrogens is 386 g/mol. The van der Waals surface area contributed by atoms with Crippen molar-refractivity contribution in [2.45, 2.75) is 25.9 Å². The summed E-state index contributed by atoms with van der Waals surface area (Å²) in [7, 11) is 0. The fourth-order valence-electron chi connectivity index (χ4n) is 3.06. The standard InChI is InChI=1S/C22H23N3O5/c1-15-7-9-17(10-8-15)21(26)24-20(22(27)23-14-19-6-3-11-30-19)13-16-4-2-5-18(12-16)25(28)29/h2,4-5,7-10,12-13,19H,3,6,11,14H2,1H3,(H,23,27)(H,24,26). The van der Waals surface area contributed by atoms with Crippen LogP contribution in [0.2, 0.25) is 0 Å². The lowest BCUT2D eigenvalue weighted by Crippen LogP contribution is -2.38. The van der Waals surface area contributed by atoms with Gasteiger partial charge in [-0.15, -0.1) is 0 Å². The molecule has 1 unspecified atom stereocenters. The number of hydrogen-bond acceptors (Lipinski definition) is 5. The molecule has 0 aliphatic carbocycles. The molecule has 1 heterocycles. The zero-order valence-corrected chi connectivity index (χ0v) is 16.6. The van der Waals surface area contributed by atoms with Gasteiger partial charge in [-0.05, 0) is 43.5 Å². The smallest absolute Gasteiger partial charge is 0.270 e. The molecule has 8 heteroatoms. The summed E-state index contributed by atoms with van der Waals surface area (Å²) in [5, 5.41) is 16.4. The van der Waals surface area contributed by atoms with Crippen molar-refractivity contribution in [3.63, 3.8) is 0 Å². The third kappa shape index (κ3) is 5.74. The molecular formula is C22H23N3O5. The van der Waals surface area contributed by atoms with Crippen LogP contribution in [0.3, 0.4) is 0 Å². The highest BCUT2D eigenvalue weighted by Crippen LogP contribution is 2.16. The van der Waals surface area contributed by atoms with E-state index in [0.29, 0.717) is 24.3 Å². The fraction of sp³-hybridized carbons (Fsp3) is 0.273. The van der Waals surface area contributed by atoms with Crippen molar-refractivity contribution in [3.05, 3.63) is 81.0 Å². The number of carbonyl (C=O) groups excluding carboxylic acids is 2. The van der Waals surface area contributed by atoms with Crippen LogP contribution >= 0.6 is 0 Å². The molecule has 0 spiro atoms. The van der Waals surface area contributed by atoms with Crippen LogP contribution in [0.25, 0.3) is 6.08 Å². The second kappa shape index (κ2) is 9.80. The predicted octanol–water partition coefficient (Wildman–Crippen LogP) is 2.97. The van der Waals surface area contributed by atoms with Gasteiger partial charge in [-0.3, -0.25) is 19.7 Å². The first-order valence-electron chi connectivity index (χ1n) is 9.66. The van der Waals surface area contributed by atoms with Crippen molar-refractivity contribution in [2.75, 3.05) is 13.2 Å². The van der Waals surface area contributed by atoms with Gasteiger partial charge in [0.05, 0.1) is 11.0 Å². The van der Waals surface area contributed by atoms with E-state index >= 15 is 0 Å². The van der Waals surface area contributed by atoms with Crippen molar-refractivity contribution in [1.82, 2.24) is 10.6 Å². The van der Waals surface area contributed by atoms with E-state index in [9.17, 15) is 19.7 Å². The molecule has 0 bridgehead atoms. The van der Waals surface area contributed by atoms with E-state index in [4.69, 9.17) is 4.74 Å². The van der Waals surface area contributed by atoms with Gasteiger partial charge in [0.2, 0.25) is 0 Å².